The largest absolute Gasteiger partial charge is 0.305 e. The molecule has 0 heterocycles. The van der Waals surface area contributed by atoms with Crippen LogP contribution in [0.2, 0.25) is 0 Å². The van der Waals surface area contributed by atoms with Gasteiger partial charge < -0.3 is 4.90 Å². The van der Waals surface area contributed by atoms with Crippen LogP contribution in [0.4, 0.5) is 0 Å². The van der Waals surface area contributed by atoms with Crippen molar-refractivity contribution in [2.24, 2.45) is 5.92 Å². The van der Waals surface area contributed by atoms with Crippen molar-refractivity contribution in [2.45, 2.75) is 51.3 Å². The van der Waals surface area contributed by atoms with Crippen molar-refractivity contribution < 1.29 is 0 Å². The molecule has 1 aromatic rings. The molecule has 0 aliphatic rings. The number of hydrogen-bond acceptors (Lipinski definition) is 2. The second kappa shape index (κ2) is 10.9. The molecule has 0 fully saturated rings. The number of rotatable bonds is 10. The zero-order valence-corrected chi connectivity index (χ0v) is 15.9. The Hall–Kier alpha value is -0.730. The maximum absolute atomic E-state index is 2.37. The van der Waals surface area contributed by atoms with E-state index in [9.17, 15) is 0 Å². The van der Waals surface area contributed by atoms with Crippen molar-refractivity contribution in [3.63, 3.8) is 0 Å². The quantitative estimate of drug-likeness (QED) is 0.489. The Balaban J connectivity index is 2.63. The number of benzene rings is 1. The summed E-state index contributed by atoms with van der Waals surface area (Å²) in [6, 6.07) is 9.06. The molecule has 1 aromatic carbocycles. The Bertz CT molecular complexity index is 432. The van der Waals surface area contributed by atoms with Crippen molar-refractivity contribution in [3.05, 3.63) is 35.4 Å². The van der Waals surface area contributed by atoms with E-state index in [1.807, 2.05) is 11.8 Å². The Morgan fingerprint density at radius 2 is 1.86 bits per heavy atom. The molecule has 0 radical (unpaired) electrons. The number of nitrogens with zero attached hydrogens (tertiary/aromatic N) is 1. The molecule has 0 aromatic heterocycles. The van der Waals surface area contributed by atoms with Crippen LogP contribution in [0.1, 0.15) is 52.0 Å². The lowest BCUT2D eigenvalue weighted by Crippen LogP contribution is -2.15. The van der Waals surface area contributed by atoms with Gasteiger partial charge in [0.2, 0.25) is 0 Å². The third-order valence-corrected chi connectivity index (χ3v) is 4.63. The maximum Gasteiger partial charge on any atom is 0.0190 e. The van der Waals surface area contributed by atoms with Gasteiger partial charge in [0.05, 0.1) is 0 Å². The lowest BCUT2D eigenvalue weighted by atomic mass is 10.0. The van der Waals surface area contributed by atoms with E-state index in [0.29, 0.717) is 0 Å². The van der Waals surface area contributed by atoms with Gasteiger partial charge in [-0.2, -0.15) is 0 Å². The van der Waals surface area contributed by atoms with Gasteiger partial charge in [0.1, 0.15) is 0 Å². The molecule has 0 saturated heterocycles. The first-order valence-electron chi connectivity index (χ1n) is 8.58. The summed E-state index contributed by atoms with van der Waals surface area (Å²) < 4.78 is 0. The first-order chi connectivity index (χ1) is 10.5. The Labute approximate surface area is 142 Å². The summed E-state index contributed by atoms with van der Waals surface area (Å²) in [7, 11) is 4.29. The average molecular weight is 320 g/mol. The summed E-state index contributed by atoms with van der Waals surface area (Å²) in [5.74, 6) is 2.01. The van der Waals surface area contributed by atoms with Gasteiger partial charge in [0.15, 0.2) is 0 Å². The van der Waals surface area contributed by atoms with E-state index in [-0.39, 0.29) is 0 Å². The van der Waals surface area contributed by atoms with Crippen LogP contribution in [0.15, 0.2) is 34.7 Å². The number of unbranched alkanes of at least 4 members (excludes halogenated alkanes) is 1. The monoisotopic (exact) mass is 319 g/mol. The Kier molecular flexibility index (Phi) is 9.58. The van der Waals surface area contributed by atoms with Gasteiger partial charge in [-0.1, -0.05) is 51.0 Å². The SMILES string of the molecule is CCCCC(=Cc1ccc(SCCC(C)C)cc1)CN(C)C. The molecular formula is C20H33NS. The molecule has 0 atom stereocenters. The van der Waals surface area contributed by atoms with Crippen molar-refractivity contribution in [2.75, 3.05) is 26.4 Å². The highest BCUT2D eigenvalue weighted by Gasteiger charge is 2.01. The number of hydrogen-bond donors (Lipinski definition) is 0. The van der Waals surface area contributed by atoms with E-state index in [1.165, 1.54) is 47.5 Å². The zero-order valence-electron chi connectivity index (χ0n) is 15.1. The van der Waals surface area contributed by atoms with Crippen LogP contribution in [0.5, 0.6) is 0 Å². The van der Waals surface area contributed by atoms with E-state index in [0.717, 1.165) is 12.5 Å². The summed E-state index contributed by atoms with van der Waals surface area (Å²) in [5, 5.41) is 0. The zero-order chi connectivity index (χ0) is 16.4. The fraction of sp³-hybridized carbons (Fsp3) is 0.600. The molecule has 0 aliphatic carbocycles. The van der Waals surface area contributed by atoms with Crippen LogP contribution >= 0.6 is 11.8 Å². The highest BCUT2D eigenvalue weighted by atomic mass is 32.2. The highest BCUT2D eigenvalue weighted by Crippen LogP contribution is 2.22. The molecule has 0 amide bonds. The summed E-state index contributed by atoms with van der Waals surface area (Å²) in [4.78, 5) is 3.65. The summed E-state index contributed by atoms with van der Waals surface area (Å²) in [6.45, 7) is 7.90. The summed E-state index contributed by atoms with van der Waals surface area (Å²) in [5.41, 5.74) is 2.87. The third kappa shape index (κ3) is 8.65. The van der Waals surface area contributed by atoms with Crippen LogP contribution in [0.25, 0.3) is 6.08 Å². The standard InChI is InChI=1S/C20H33NS/c1-6-7-8-19(16-21(4)5)15-18-9-11-20(12-10-18)22-14-13-17(2)3/h9-12,15,17H,6-8,13-14,16H2,1-5H3. The predicted octanol–water partition coefficient (Wildman–Crippen LogP) is 5.96. The van der Waals surface area contributed by atoms with Crippen molar-refractivity contribution in [1.29, 1.82) is 0 Å². The lowest BCUT2D eigenvalue weighted by molar-refractivity contribution is 0.439. The van der Waals surface area contributed by atoms with Gasteiger partial charge in [0, 0.05) is 11.4 Å². The molecule has 0 aliphatic heterocycles. The van der Waals surface area contributed by atoms with Gasteiger partial charge in [-0.3, -0.25) is 0 Å². The highest BCUT2D eigenvalue weighted by molar-refractivity contribution is 7.99. The minimum absolute atomic E-state index is 0.793. The van der Waals surface area contributed by atoms with Gasteiger partial charge in [0.25, 0.3) is 0 Å². The number of likely N-dealkylation sites (N-methyl/N-ethyl adjacent to an activating group) is 1. The maximum atomic E-state index is 2.37. The molecule has 22 heavy (non-hydrogen) atoms. The van der Waals surface area contributed by atoms with Crippen LogP contribution in [-0.2, 0) is 0 Å². The number of thioether (sulfide) groups is 1. The van der Waals surface area contributed by atoms with E-state index < -0.39 is 0 Å². The first kappa shape index (κ1) is 19.3. The van der Waals surface area contributed by atoms with Crippen molar-refractivity contribution >= 4 is 17.8 Å². The van der Waals surface area contributed by atoms with Gasteiger partial charge in [-0.25, -0.2) is 0 Å². The Morgan fingerprint density at radius 3 is 2.41 bits per heavy atom. The summed E-state index contributed by atoms with van der Waals surface area (Å²) >= 11 is 1.97. The van der Waals surface area contributed by atoms with Gasteiger partial charge in [-0.15, -0.1) is 11.8 Å². The fourth-order valence-corrected chi connectivity index (χ4v) is 3.47. The minimum Gasteiger partial charge on any atom is -0.305 e. The van der Waals surface area contributed by atoms with Gasteiger partial charge >= 0.3 is 0 Å². The fourth-order valence-electron chi connectivity index (χ4n) is 2.32. The minimum atomic E-state index is 0.793. The summed E-state index contributed by atoms with van der Waals surface area (Å²) in [6.07, 6.45) is 7.41. The molecule has 124 valence electrons. The van der Waals surface area contributed by atoms with E-state index >= 15 is 0 Å². The molecule has 1 rings (SSSR count). The molecular weight excluding hydrogens is 286 g/mol. The molecule has 0 spiro atoms. The van der Waals surface area contributed by atoms with Crippen LogP contribution in [-0.4, -0.2) is 31.3 Å². The smallest absolute Gasteiger partial charge is 0.0190 e. The molecule has 1 nitrogen and oxygen atoms in total. The third-order valence-electron chi connectivity index (χ3n) is 3.59. The molecule has 2 heteroatoms. The molecule has 0 unspecified atom stereocenters. The van der Waals surface area contributed by atoms with Crippen molar-refractivity contribution in [3.8, 4) is 0 Å². The molecule has 0 bridgehead atoms. The molecule has 0 N–H and O–H groups in total. The first-order valence-corrected chi connectivity index (χ1v) is 9.56. The predicted molar refractivity (Wildman–Crippen MR) is 103 cm³/mol. The van der Waals surface area contributed by atoms with Crippen LogP contribution in [0, 0.1) is 5.92 Å². The van der Waals surface area contributed by atoms with Crippen molar-refractivity contribution in [1.82, 2.24) is 4.90 Å². The Morgan fingerprint density at radius 1 is 1.18 bits per heavy atom. The van der Waals surface area contributed by atoms with Gasteiger partial charge in [-0.05, 0) is 62.7 Å². The van der Waals surface area contributed by atoms with Crippen LogP contribution in [0.3, 0.4) is 0 Å². The van der Waals surface area contributed by atoms with E-state index in [1.54, 1.807) is 0 Å². The topological polar surface area (TPSA) is 3.24 Å². The van der Waals surface area contributed by atoms with Crippen LogP contribution < -0.4 is 0 Å². The second-order valence-electron chi connectivity index (χ2n) is 6.74. The van der Waals surface area contributed by atoms with E-state index in [4.69, 9.17) is 0 Å². The average Bonchev–Trinajstić information content (AvgIpc) is 2.45. The molecule has 0 saturated carbocycles. The normalized spacial score (nSPS) is 12.4. The second-order valence-corrected chi connectivity index (χ2v) is 7.91. The lowest BCUT2D eigenvalue weighted by Gasteiger charge is -2.13. The van der Waals surface area contributed by atoms with E-state index in [2.05, 4.69) is 70.1 Å².